The van der Waals surface area contributed by atoms with Crippen LogP contribution in [0, 0.1) is 0 Å². The molecule has 1 saturated heterocycles. The molecule has 0 N–H and O–H groups in total. The molecule has 1 aromatic rings. The molecule has 0 amide bonds. The van der Waals surface area contributed by atoms with Crippen LogP contribution in [0.4, 0.5) is 0 Å². The minimum absolute atomic E-state index is 0.267. The van der Waals surface area contributed by atoms with E-state index in [4.69, 9.17) is 13.7 Å². The minimum atomic E-state index is -1.69. The maximum atomic E-state index is 6.63. The van der Waals surface area contributed by atoms with Gasteiger partial charge in [0, 0.05) is 24.0 Å². The molecule has 0 radical (unpaired) electrons. The molecule has 1 saturated carbocycles. The van der Waals surface area contributed by atoms with E-state index in [2.05, 4.69) is 77.5 Å². The number of hydrogen-bond acceptors (Lipinski definition) is 4. The zero-order chi connectivity index (χ0) is 21.0. The van der Waals surface area contributed by atoms with E-state index in [9.17, 15) is 0 Å². The maximum absolute atomic E-state index is 6.63. The third-order valence-corrected chi connectivity index (χ3v) is 12.0. The van der Waals surface area contributed by atoms with Gasteiger partial charge in [0.05, 0.1) is 17.2 Å². The van der Waals surface area contributed by atoms with Crippen LogP contribution >= 0.6 is 0 Å². The molecule has 0 spiro atoms. The fourth-order valence-corrected chi connectivity index (χ4v) is 5.10. The van der Waals surface area contributed by atoms with E-state index in [1.54, 1.807) is 0 Å². The highest BCUT2D eigenvalue weighted by molar-refractivity contribution is 6.74. The Labute approximate surface area is 172 Å². The molecular weight excluding hydrogens is 367 g/mol. The molecule has 5 nitrogen and oxygen atoms in total. The summed E-state index contributed by atoms with van der Waals surface area (Å²) in [6.45, 7) is 20.0. The van der Waals surface area contributed by atoms with E-state index < -0.39 is 8.32 Å². The molecule has 3 rings (SSSR count). The Morgan fingerprint density at radius 1 is 1.07 bits per heavy atom. The lowest BCUT2D eigenvalue weighted by Crippen LogP contribution is -2.44. The third kappa shape index (κ3) is 4.28. The first kappa shape index (κ1) is 22.1. The first-order valence-corrected chi connectivity index (χ1v) is 13.7. The van der Waals surface area contributed by atoms with E-state index in [1.807, 2.05) is 6.20 Å². The Kier molecular flexibility index (Phi) is 5.72. The van der Waals surface area contributed by atoms with Crippen LogP contribution in [0.1, 0.15) is 80.2 Å². The Bertz CT molecular complexity index is 672. The quantitative estimate of drug-likeness (QED) is 0.681. The predicted molar refractivity (Wildman–Crippen MR) is 118 cm³/mol. The third-order valence-electron chi connectivity index (χ3n) is 7.43. The van der Waals surface area contributed by atoms with Gasteiger partial charge < -0.3 is 13.7 Å². The van der Waals surface area contributed by atoms with Gasteiger partial charge in [-0.2, -0.15) is 5.10 Å². The first-order chi connectivity index (χ1) is 12.7. The highest BCUT2D eigenvalue weighted by Gasteiger charge is 2.52. The van der Waals surface area contributed by atoms with Gasteiger partial charge in [0.1, 0.15) is 0 Å². The van der Waals surface area contributed by atoms with Gasteiger partial charge in [-0.1, -0.05) is 20.8 Å². The largest absolute Gasteiger partial charge is 0.498 e. The smallest absolute Gasteiger partial charge is 0.414 e. The van der Waals surface area contributed by atoms with E-state index >= 15 is 0 Å². The first-order valence-electron chi connectivity index (χ1n) is 10.8. The van der Waals surface area contributed by atoms with Gasteiger partial charge in [0.2, 0.25) is 0 Å². The van der Waals surface area contributed by atoms with Crippen LogP contribution in [0.15, 0.2) is 12.4 Å². The van der Waals surface area contributed by atoms with Crippen molar-refractivity contribution in [1.29, 1.82) is 0 Å². The molecule has 0 aromatic carbocycles. The van der Waals surface area contributed by atoms with Crippen molar-refractivity contribution in [3.63, 3.8) is 0 Å². The van der Waals surface area contributed by atoms with Crippen LogP contribution in [0.25, 0.3) is 0 Å². The van der Waals surface area contributed by atoms with Gasteiger partial charge in [0.15, 0.2) is 8.32 Å². The molecule has 2 aliphatic rings. The fourth-order valence-electron chi connectivity index (χ4n) is 3.67. The van der Waals surface area contributed by atoms with Crippen molar-refractivity contribution in [2.24, 2.45) is 0 Å². The Balaban J connectivity index is 1.58. The summed E-state index contributed by atoms with van der Waals surface area (Å²) in [5.74, 6) is 0. The number of hydrogen-bond donors (Lipinski definition) is 0. The summed E-state index contributed by atoms with van der Waals surface area (Å²) in [7, 11) is -2.03. The summed E-state index contributed by atoms with van der Waals surface area (Å²) in [4.78, 5) is 0. The lowest BCUT2D eigenvalue weighted by molar-refractivity contribution is 0.00578. The molecule has 1 aromatic heterocycles. The van der Waals surface area contributed by atoms with Crippen molar-refractivity contribution in [3.05, 3.63) is 12.4 Å². The second-order valence-corrected chi connectivity index (χ2v) is 15.9. The predicted octanol–water partition coefficient (Wildman–Crippen LogP) is 4.69. The highest BCUT2D eigenvalue weighted by atomic mass is 28.4. The number of rotatable bonds is 4. The molecular formula is C21H39BN2O3Si. The van der Waals surface area contributed by atoms with Crippen molar-refractivity contribution in [3.8, 4) is 0 Å². The van der Waals surface area contributed by atoms with Crippen LogP contribution in [0.3, 0.4) is 0 Å². The van der Waals surface area contributed by atoms with Crippen molar-refractivity contribution in [1.82, 2.24) is 9.78 Å². The molecule has 0 unspecified atom stereocenters. The SMILES string of the molecule is CC1(C)OB(c2cnn([C@H]3CC[C@H](O[Si](C)(C)C(C)(C)C)CC3)c2)OC1(C)C. The monoisotopic (exact) mass is 406 g/mol. The summed E-state index contributed by atoms with van der Waals surface area (Å²) in [6, 6.07) is 0.440. The van der Waals surface area contributed by atoms with Crippen molar-refractivity contribution in [2.75, 3.05) is 0 Å². The lowest BCUT2D eigenvalue weighted by Gasteiger charge is -2.41. The van der Waals surface area contributed by atoms with E-state index in [-0.39, 0.29) is 23.4 Å². The standard InChI is InChI=1S/C21H39BN2O3Si/c1-19(2,3)28(8,9)25-18-12-10-17(11-13-18)24-15-16(14-23-24)22-26-20(4,5)21(6,7)27-22/h14-15,17-18H,10-13H2,1-9H3/t17-,18-. The zero-order valence-electron chi connectivity index (χ0n) is 19.3. The van der Waals surface area contributed by atoms with E-state index in [0.29, 0.717) is 12.1 Å². The second-order valence-electron chi connectivity index (χ2n) is 11.2. The summed E-state index contributed by atoms with van der Waals surface area (Å²) in [5, 5.41) is 4.91. The number of aromatic nitrogens is 2. The van der Waals surface area contributed by atoms with E-state index in [1.165, 1.54) is 0 Å². The average molecular weight is 406 g/mol. The second kappa shape index (κ2) is 7.26. The summed E-state index contributed by atoms with van der Waals surface area (Å²) >= 11 is 0. The molecule has 7 heteroatoms. The van der Waals surface area contributed by atoms with Crippen molar-refractivity contribution < 1.29 is 13.7 Å². The van der Waals surface area contributed by atoms with Crippen LogP contribution in [-0.2, 0) is 13.7 Å². The topological polar surface area (TPSA) is 45.5 Å². The fraction of sp³-hybridized carbons (Fsp3) is 0.857. The zero-order valence-corrected chi connectivity index (χ0v) is 20.3. The van der Waals surface area contributed by atoms with Gasteiger partial charge >= 0.3 is 7.12 Å². The molecule has 0 bridgehead atoms. The molecule has 158 valence electrons. The van der Waals surface area contributed by atoms with Gasteiger partial charge in [-0.3, -0.25) is 4.68 Å². The lowest BCUT2D eigenvalue weighted by atomic mass is 9.82. The van der Waals surface area contributed by atoms with Crippen LogP contribution in [0.5, 0.6) is 0 Å². The number of nitrogens with zero attached hydrogens (tertiary/aromatic N) is 2. The maximum Gasteiger partial charge on any atom is 0.498 e. The Morgan fingerprint density at radius 2 is 1.61 bits per heavy atom. The Hall–Kier alpha value is -0.628. The molecule has 2 fully saturated rings. The highest BCUT2D eigenvalue weighted by Crippen LogP contribution is 2.40. The molecule has 1 aliphatic heterocycles. The van der Waals surface area contributed by atoms with Gasteiger partial charge in [-0.25, -0.2) is 0 Å². The van der Waals surface area contributed by atoms with Crippen LogP contribution < -0.4 is 5.46 Å². The van der Waals surface area contributed by atoms with Crippen molar-refractivity contribution >= 4 is 20.9 Å². The molecule has 28 heavy (non-hydrogen) atoms. The normalized spacial score (nSPS) is 28.0. The van der Waals surface area contributed by atoms with Crippen LogP contribution in [-0.4, -0.2) is 42.5 Å². The van der Waals surface area contributed by atoms with Crippen LogP contribution in [0.2, 0.25) is 18.1 Å². The summed E-state index contributed by atoms with van der Waals surface area (Å²) in [6.07, 6.45) is 8.87. The summed E-state index contributed by atoms with van der Waals surface area (Å²) < 4.78 is 21.1. The average Bonchev–Trinajstić information content (AvgIpc) is 3.10. The van der Waals surface area contributed by atoms with Gasteiger partial charge in [-0.15, -0.1) is 0 Å². The Morgan fingerprint density at radius 3 is 2.11 bits per heavy atom. The molecule has 1 aliphatic carbocycles. The van der Waals surface area contributed by atoms with Crippen molar-refractivity contribution in [2.45, 2.75) is 116 Å². The molecule has 2 heterocycles. The van der Waals surface area contributed by atoms with E-state index in [0.717, 1.165) is 31.1 Å². The minimum Gasteiger partial charge on any atom is -0.414 e. The van der Waals surface area contributed by atoms with Gasteiger partial charge in [-0.05, 0) is 71.5 Å². The van der Waals surface area contributed by atoms with Gasteiger partial charge in [0.25, 0.3) is 0 Å². The molecule has 0 atom stereocenters. The summed E-state index contributed by atoms with van der Waals surface area (Å²) in [5.41, 5.74) is 0.371.